The van der Waals surface area contributed by atoms with E-state index in [0.717, 1.165) is 16.8 Å². The van der Waals surface area contributed by atoms with Gasteiger partial charge >= 0.3 is 5.97 Å². The molecule has 1 heterocycles. The van der Waals surface area contributed by atoms with Crippen molar-refractivity contribution < 1.29 is 9.90 Å². The summed E-state index contributed by atoms with van der Waals surface area (Å²) < 4.78 is 0. The van der Waals surface area contributed by atoms with Crippen LogP contribution in [0.5, 0.6) is 0 Å². The van der Waals surface area contributed by atoms with Gasteiger partial charge in [0.1, 0.15) is 5.69 Å². The van der Waals surface area contributed by atoms with Crippen LogP contribution in [0.4, 0.5) is 0 Å². The average Bonchev–Trinajstić information content (AvgIpc) is 2.78. The molecule has 4 nitrogen and oxygen atoms in total. The van der Waals surface area contributed by atoms with Gasteiger partial charge in [0.05, 0.1) is 5.69 Å². The molecule has 0 fully saturated rings. The Labute approximate surface area is 98.3 Å². The summed E-state index contributed by atoms with van der Waals surface area (Å²) in [5.74, 6) is -0.944. The lowest BCUT2D eigenvalue weighted by Gasteiger charge is -2.04. The van der Waals surface area contributed by atoms with Crippen LogP contribution in [0.25, 0.3) is 11.3 Å². The molecule has 17 heavy (non-hydrogen) atoms. The van der Waals surface area contributed by atoms with Crippen LogP contribution < -0.4 is 0 Å². The predicted octanol–water partition coefficient (Wildman–Crippen LogP) is 2.30. The van der Waals surface area contributed by atoms with Gasteiger partial charge in [0.15, 0.2) is 0 Å². The number of carbonyl (C=O) groups is 1. The average molecular weight is 228 g/mol. The molecular formula is C13H12N2O2. The zero-order valence-electron chi connectivity index (χ0n) is 9.66. The molecular weight excluding hydrogens is 216 g/mol. The summed E-state index contributed by atoms with van der Waals surface area (Å²) in [7, 11) is 0. The van der Waals surface area contributed by atoms with Crippen LogP contribution in [0.15, 0.2) is 12.1 Å². The third kappa shape index (κ3) is 1.30. The van der Waals surface area contributed by atoms with Crippen LogP contribution in [-0.2, 0) is 6.42 Å². The standard InChI is InChI=1S/C13H12N2O2/c1-6-3-8-5-10-11(9(8)4-7(6)2)14-15-12(10)13(16)17/h3-4H,5H2,1-2H3,(H,14,15)(H,16,17). The number of rotatable bonds is 1. The highest BCUT2D eigenvalue weighted by Gasteiger charge is 2.27. The van der Waals surface area contributed by atoms with E-state index >= 15 is 0 Å². The number of hydrogen-bond acceptors (Lipinski definition) is 2. The van der Waals surface area contributed by atoms with E-state index in [0.29, 0.717) is 6.42 Å². The monoisotopic (exact) mass is 228 g/mol. The summed E-state index contributed by atoms with van der Waals surface area (Å²) in [6, 6.07) is 4.21. The highest BCUT2D eigenvalue weighted by molar-refractivity contribution is 5.91. The first-order valence-electron chi connectivity index (χ1n) is 5.49. The van der Waals surface area contributed by atoms with E-state index in [1.165, 1.54) is 16.7 Å². The Bertz CT molecular complexity index is 641. The van der Waals surface area contributed by atoms with Crippen molar-refractivity contribution in [1.29, 1.82) is 0 Å². The fraction of sp³-hybridized carbons (Fsp3) is 0.231. The smallest absolute Gasteiger partial charge is 0.354 e. The van der Waals surface area contributed by atoms with Crippen molar-refractivity contribution in [2.45, 2.75) is 20.3 Å². The van der Waals surface area contributed by atoms with E-state index in [9.17, 15) is 4.79 Å². The normalized spacial score (nSPS) is 12.4. The van der Waals surface area contributed by atoms with Crippen LogP contribution >= 0.6 is 0 Å². The quantitative estimate of drug-likeness (QED) is 0.671. The Hall–Kier alpha value is -2.10. The molecule has 2 N–H and O–H groups in total. The van der Waals surface area contributed by atoms with Gasteiger partial charge in [0.25, 0.3) is 0 Å². The fourth-order valence-corrected chi connectivity index (χ4v) is 2.37. The Kier molecular flexibility index (Phi) is 1.90. The second-order valence-electron chi connectivity index (χ2n) is 4.50. The van der Waals surface area contributed by atoms with Crippen molar-refractivity contribution >= 4 is 5.97 Å². The Morgan fingerprint density at radius 3 is 2.76 bits per heavy atom. The van der Waals surface area contributed by atoms with Crippen LogP contribution in [0, 0.1) is 13.8 Å². The van der Waals surface area contributed by atoms with Gasteiger partial charge in [-0.15, -0.1) is 0 Å². The lowest BCUT2D eigenvalue weighted by Crippen LogP contribution is -2.00. The maximum absolute atomic E-state index is 11.0. The first-order valence-corrected chi connectivity index (χ1v) is 5.49. The molecule has 0 unspecified atom stereocenters. The van der Waals surface area contributed by atoms with Gasteiger partial charge in [-0.05, 0) is 36.6 Å². The first-order chi connectivity index (χ1) is 8.08. The summed E-state index contributed by atoms with van der Waals surface area (Å²) in [5, 5.41) is 15.8. The maximum atomic E-state index is 11.0. The largest absolute Gasteiger partial charge is 0.477 e. The van der Waals surface area contributed by atoms with Crippen LogP contribution in [-0.4, -0.2) is 21.3 Å². The second-order valence-corrected chi connectivity index (χ2v) is 4.50. The number of aryl methyl sites for hydroxylation is 2. The van der Waals surface area contributed by atoms with Gasteiger partial charge in [-0.1, -0.05) is 6.07 Å². The summed E-state index contributed by atoms with van der Waals surface area (Å²) in [4.78, 5) is 11.0. The predicted molar refractivity (Wildman–Crippen MR) is 63.3 cm³/mol. The minimum absolute atomic E-state index is 0.214. The van der Waals surface area contributed by atoms with Crippen molar-refractivity contribution in [3.63, 3.8) is 0 Å². The number of nitrogens with zero attached hydrogens (tertiary/aromatic N) is 1. The minimum Gasteiger partial charge on any atom is -0.477 e. The molecule has 86 valence electrons. The number of hydrogen-bond donors (Lipinski definition) is 2. The van der Waals surface area contributed by atoms with Gasteiger partial charge in [-0.25, -0.2) is 4.79 Å². The van der Waals surface area contributed by atoms with Crippen molar-refractivity contribution in [3.05, 3.63) is 40.1 Å². The molecule has 0 radical (unpaired) electrons. The van der Waals surface area contributed by atoms with Gasteiger partial charge in [0.2, 0.25) is 0 Å². The SMILES string of the molecule is Cc1cc2c(cc1C)-c1n[nH]c(C(=O)O)c1C2. The van der Waals surface area contributed by atoms with Gasteiger partial charge < -0.3 is 5.11 Å². The number of carboxylic acid groups (broad SMARTS) is 1. The summed E-state index contributed by atoms with van der Waals surface area (Å²) >= 11 is 0. The zero-order valence-corrected chi connectivity index (χ0v) is 9.66. The lowest BCUT2D eigenvalue weighted by atomic mass is 10.0. The zero-order chi connectivity index (χ0) is 12.2. The molecule has 0 atom stereocenters. The van der Waals surface area contributed by atoms with E-state index in [-0.39, 0.29) is 5.69 Å². The second kappa shape index (κ2) is 3.20. The Morgan fingerprint density at radius 2 is 2.06 bits per heavy atom. The molecule has 1 aliphatic carbocycles. The lowest BCUT2D eigenvalue weighted by molar-refractivity contribution is 0.0689. The first kappa shape index (κ1) is 10.1. The number of aromatic nitrogens is 2. The van der Waals surface area contributed by atoms with Gasteiger partial charge in [-0.2, -0.15) is 5.10 Å². The van der Waals surface area contributed by atoms with Gasteiger partial charge in [0, 0.05) is 17.5 Å². The number of carboxylic acids is 1. The van der Waals surface area contributed by atoms with E-state index in [2.05, 4.69) is 36.2 Å². The molecule has 1 aromatic carbocycles. The molecule has 0 amide bonds. The van der Waals surface area contributed by atoms with Crippen molar-refractivity contribution in [2.75, 3.05) is 0 Å². The minimum atomic E-state index is -0.944. The number of fused-ring (bicyclic) bond motifs is 3. The molecule has 4 heteroatoms. The highest BCUT2D eigenvalue weighted by atomic mass is 16.4. The molecule has 1 aliphatic rings. The topological polar surface area (TPSA) is 66.0 Å². The van der Waals surface area contributed by atoms with Crippen molar-refractivity contribution in [2.24, 2.45) is 0 Å². The summed E-state index contributed by atoms with van der Waals surface area (Å²) in [6.07, 6.45) is 0.657. The van der Waals surface area contributed by atoms with E-state index in [1.54, 1.807) is 0 Å². The van der Waals surface area contributed by atoms with E-state index < -0.39 is 5.97 Å². The molecule has 0 saturated heterocycles. The number of aromatic amines is 1. The molecule has 0 aliphatic heterocycles. The fourth-order valence-electron chi connectivity index (χ4n) is 2.37. The Balaban J connectivity index is 2.22. The number of aromatic carboxylic acids is 1. The number of nitrogens with one attached hydrogen (secondary N) is 1. The maximum Gasteiger partial charge on any atom is 0.354 e. The van der Waals surface area contributed by atoms with E-state index in [4.69, 9.17) is 5.11 Å². The highest BCUT2D eigenvalue weighted by Crippen LogP contribution is 2.38. The number of benzene rings is 1. The molecule has 0 bridgehead atoms. The molecule has 0 spiro atoms. The molecule has 2 aromatic rings. The van der Waals surface area contributed by atoms with Gasteiger partial charge in [-0.3, -0.25) is 5.10 Å². The summed E-state index contributed by atoms with van der Waals surface area (Å²) in [5.41, 5.74) is 6.48. The third-order valence-corrected chi connectivity index (χ3v) is 3.42. The Morgan fingerprint density at radius 1 is 1.35 bits per heavy atom. The van der Waals surface area contributed by atoms with Crippen LogP contribution in [0.1, 0.15) is 32.7 Å². The summed E-state index contributed by atoms with van der Waals surface area (Å²) in [6.45, 7) is 4.12. The third-order valence-electron chi connectivity index (χ3n) is 3.42. The molecule has 0 saturated carbocycles. The van der Waals surface area contributed by atoms with E-state index in [1.807, 2.05) is 0 Å². The number of H-pyrrole nitrogens is 1. The molecule has 1 aromatic heterocycles. The van der Waals surface area contributed by atoms with Crippen molar-refractivity contribution in [3.8, 4) is 11.3 Å². The molecule has 3 rings (SSSR count). The van der Waals surface area contributed by atoms with Crippen LogP contribution in [0.2, 0.25) is 0 Å². The van der Waals surface area contributed by atoms with Crippen LogP contribution in [0.3, 0.4) is 0 Å². The van der Waals surface area contributed by atoms with Crippen molar-refractivity contribution in [1.82, 2.24) is 10.2 Å².